The summed E-state index contributed by atoms with van der Waals surface area (Å²) in [6, 6.07) is 1.83. The summed E-state index contributed by atoms with van der Waals surface area (Å²) in [6.45, 7) is 0.623. The molecule has 1 atom stereocenters. The van der Waals surface area contributed by atoms with E-state index in [2.05, 4.69) is 5.32 Å². The van der Waals surface area contributed by atoms with Crippen LogP contribution in [0.2, 0.25) is 0 Å². The highest BCUT2D eigenvalue weighted by Gasteiger charge is 2.28. The molecule has 1 aliphatic heterocycles. The van der Waals surface area contributed by atoms with Crippen LogP contribution in [0.15, 0.2) is 23.0 Å². The number of furan rings is 1. The Morgan fingerprint density at radius 3 is 3.00 bits per heavy atom. The quantitative estimate of drug-likeness (QED) is 0.872. The SMILES string of the molecule is O=C(NCCc1ccoc1)OCC1CCS(=O)(=O)C1. The zero-order chi connectivity index (χ0) is 13.7. The standard InChI is InChI=1S/C12H17NO5S/c14-12(13-4-1-10-2-5-17-7-10)18-8-11-3-6-19(15,16)9-11/h2,5,7,11H,1,3-4,6,8-9H2,(H,13,14). The van der Waals surface area contributed by atoms with Crippen LogP contribution < -0.4 is 5.32 Å². The monoisotopic (exact) mass is 287 g/mol. The van der Waals surface area contributed by atoms with Crippen molar-refractivity contribution in [2.75, 3.05) is 24.7 Å². The zero-order valence-corrected chi connectivity index (χ0v) is 11.3. The molecule has 7 heteroatoms. The lowest BCUT2D eigenvalue weighted by Gasteiger charge is -2.09. The van der Waals surface area contributed by atoms with E-state index in [1.165, 1.54) is 0 Å². The molecule has 2 heterocycles. The van der Waals surface area contributed by atoms with Gasteiger partial charge in [0.05, 0.1) is 30.6 Å². The van der Waals surface area contributed by atoms with Gasteiger partial charge in [0.25, 0.3) is 0 Å². The molecule has 1 aliphatic rings. The minimum atomic E-state index is -2.91. The average molecular weight is 287 g/mol. The lowest BCUT2D eigenvalue weighted by molar-refractivity contribution is 0.131. The number of hydrogen-bond acceptors (Lipinski definition) is 5. The molecule has 0 aromatic carbocycles. The number of hydrogen-bond donors (Lipinski definition) is 1. The van der Waals surface area contributed by atoms with Crippen molar-refractivity contribution in [1.82, 2.24) is 5.32 Å². The van der Waals surface area contributed by atoms with Crippen molar-refractivity contribution in [1.29, 1.82) is 0 Å². The van der Waals surface area contributed by atoms with Gasteiger partial charge in [0.1, 0.15) is 0 Å². The minimum absolute atomic E-state index is 0.0652. The van der Waals surface area contributed by atoms with Crippen molar-refractivity contribution in [3.05, 3.63) is 24.2 Å². The van der Waals surface area contributed by atoms with Crippen molar-refractivity contribution in [3.63, 3.8) is 0 Å². The largest absolute Gasteiger partial charge is 0.472 e. The third-order valence-corrected chi connectivity index (χ3v) is 4.88. The molecule has 0 saturated carbocycles. The fourth-order valence-corrected chi connectivity index (χ4v) is 3.83. The molecule has 0 spiro atoms. The highest BCUT2D eigenvalue weighted by molar-refractivity contribution is 7.91. The first-order valence-corrected chi connectivity index (χ1v) is 7.99. The summed E-state index contributed by atoms with van der Waals surface area (Å²) in [5.74, 6) is 0.253. The first-order valence-electron chi connectivity index (χ1n) is 6.17. The number of sulfone groups is 1. The molecule has 0 aliphatic carbocycles. The molecule has 1 aromatic rings. The van der Waals surface area contributed by atoms with E-state index < -0.39 is 15.9 Å². The molecular formula is C12H17NO5S. The van der Waals surface area contributed by atoms with E-state index in [-0.39, 0.29) is 24.0 Å². The van der Waals surface area contributed by atoms with Crippen LogP contribution in [0.5, 0.6) is 0 Å². The van der Waals surface area contributed by atoms with Gasteiger partial charge in [-0.25, -0.2) is 13.2 Å². The summed E-state index contributed by atoms with van der Waals surface area (Å²) in [5, 5.41) is 2.61. The number of amides is 1. The van der Waals surface area contributed by atoms with Gasteiger partial charge in [0.15, 0.2) is 9.84 Å². The lowest BCUT2D eigenvalue weighted by atomic mass is 10.1. The van der Waals surface area contributed by atoms with Crippen LogP contribution in [0.4, 0.5) is 4.79 Å². The molecule has 2 rings (SSSR count). The first-order chi connectivity index (χ1) is 9.05. The topological polar surface area (TPSA) is 85.6 Å². The normalized spacial score (nSPS) is 21.2. The maximum atomic E-state index is 11.4. The van der Waals surface area contributed by atoms with Crippen LogP contribution in [-0.4, -0.2) is 39.2 Å². The van der Waals surface area contributed by atoms with Gasteiger partial charge in [-0.05, 0) is 24.5 Å². The summed E-state index contributed by atoms with van der Waals surface area (Å²) in [7, 11) is -2.91. The number of ether oxygens (including phenoxy) is 1. The zero-order valence-electron chi connectivity index (χ0n) is 10.5. The highest BCUT2D eigenvalue weighted by atomic mass is 32.2. The van der Waals surface area contributed by atoms with E-state index >= 15 is 0 Å². The van der Waals surface area contributed by atoms with Crippen molar-refractivity contribution in [2.24, 2.45) is 5.92 Å². The smallest absolute Gasteiger partial charge is 0.407 e. The summed E-state index contributed by atoms with van der Waals surface area (Å²) >= 11 is 0. The van der Waals surface area contributed by atoms with E-state index in [0.29, 0.717) is 19.4 Å². The number of rotatable bonds is 5. The van der Waals surface area contributed by atoms with Gasteiger partial charge in [0.2, 0.25) is 0 Å². The summed E-state index contributed by atoms with van der Waals surface area (Å²) in [4.78, 5) is 11.4. The second kappa shape index (κ2) is 6.10. The van der Waals surface area contributed by atoms with Crippen LogP contribution >= 0.6 is 0 Å². The molecule has 1 saturated heterocycles. The molecule has 1 amide bonds. The average Bonchev–Trinajstić information content (AvgIpc) is 2.96. The van der Waals surface area contributed by atoms with Crippen molar-refractivity contribution >= 4 is 15.9 Å². The Morgan fingerprint density at radius 2 is 2.37 bits per heavy atom. The van der Waals surface area contributed by atoms with Gasteiger partial charge in [-0.2, -0.15) is 0 Å². The molecule has 1 aromatic heterocycles. The molecule has 6 nitrogen and oxygen atoms in total. The molecule has 19 heavy (non-hydrogen) atoms. The first kappa shape index (κ1) is 13.9. The van der Waals surface area contributed by atoms with Gasteiger partial charge in [-0.1, -0.05) is 0 Å². The Morgan fingerprint density at radius 1 is 1.53 bits per heavy atom. The Balaban J connectivity index is 1.60. The second-order valence-electron chi connectivity index (χ2n) is 4.68. The Kier molecular flexibility index (Phi) is 4.47. The Bertz CT molecular complexity index is 508. The van der Waals surface area contributed by atoms with Crippen molar-refractivity contribution in [2.45, 2.75) is 12.8 Å². The predicted octanol–water partition coefficient (Wildman–Crippen LogP) is 0.983. The molecule has 1 fully saturated rings. The van der Waals surface area contributed by atoms with E-state index in [4.69, 9.17) is 9.15 Å². The number of nitrogens with one attached hydrogen (secondary N) is 1. The molecule has 1 unspecified atom stereocenters. The highest BCUT2D eigenvalue weighted by Crippen LogP contribution is 2.18. The summed E-state index contributed by atoms with van der Waals surface area (Å²) in [5.41, 5.74) is 1.00. The van der Waals surface area contributed by atoms with E-state index in [9.17, 15) is 13.2 Å². The molecular weight excluding hydrogens is 270 g/mol. The minimum Gasteiger partial charge on any atom is -0.472 e. The van der Waals surface area contributed by atoms with E-state index in [1.807, 2.05) is 6.07 Å². The summed E-state index contributed by atoms with van der Waals surface area (Å²) in [6.07, 6.45) is 3.94. The van der Waals surface area contributed by atoms with Crippen molar-refractivity contribution < 1.29 is 22.4 Å². The molecule has 106 valence electrons. The maximum absolute atomic E-state index is 11.4. The fourth-order valence-electron chi connectivity index (χ4n) is 1.99. The Labute approximate surface area is 112 Å². The number of carbonyl (C=O) groups is 1. The lowest BCUT2D eigenvalue weighted by Crippen LogP contribution is -2.28. The third-order valence-electron chi connectivity index (χ3n) is 3.04. The molecule has 0 bridgehead atoms. The van der Waals surface area contributed by atoms with Gasteiger partial charge < -0.3 is 14.5 Å². The fraction of sp³-hybridized carbons (Fsp3) is 0.583. The van der Waals surface area contributed by atoms with Crippen LogP contribution in [0.3, 0.4) is 0 Å². The number of alkyl carbamates (subject to hydrolysis) is 1. The Hall–Kier alpha value is -1.50. The van der Waals surface area contributed by atoms with Crippen LogP contribution in [0, 0.1) is 5.92 Å². The van der Waals surface area contributed by atoms with Gasteiger partial charge in [0, 0.05) is 12.5 Å². The van der Waals surface area contributed by atoms with E-state index in [0.717, 1.165) is 5.56 Å². The van der Waals surface area contributed by atoms with Gasteiger partial charge >= 0.3 is 6.09 Å². The van der Waals surface area contributed by atoms with Gasteiger partial charge in [-0.15, -0.1) is 0 Å². The number of carbonyl (C=O) groups excluding carboxylic acids is 1. The third kappa shape index (κ3) is 4.59. The second-order valence-corrected chi connectivity index (χ2v) is 6.90. The van der Waals surface area contributed by atoms with Gasteiger partial charge in [-0.3, -0.25) is 0 Å². The predicted molar refractivity (Wildman–Crippen MR) is 68.5 cm³/mol. The van der Waals surface area contributed by atoms with Crippen LogP contribution in [0.25, 0.3) is 0 Å². The maximum Gasteiger partial charge on any atom is 0.407 e. The van der Waals surface area contributed by atoms with Crippen LogP contribution in [0.1, 0.15) is 12.0 Å². The van der Waals surface area contributed by atoms with E-state index in [1.54, 1.807) is 12.5 Å². The van der Waals surface area contributed by atoms with Crippen molar-refractivity contribution in [3.8, 4) is 0 Å². The summed E-state index contributed by atoms with van der Waals surface area (Å²) < 4.78 is 32.4. The molecule has 1 N–H and O–H groups in total. The van der Waals surface area contributed by atoms with Crippen LogP contribution in [-0.2, 0) is 21.0 Å². The molecule has 0 radical (unpaired) electrons.